The van der Waals surface area contributed by atoms with Gasteiger partial charge >= 0.3 is 0 Å². The van der Waals surface area contributed by atoms with E-state index in [2.05, 4.69) is 50.2 Å². The molecule has 17 heavy (non-hydrogen) atoms. The van der Waals surface area contributed by atoms with E-state index in [1.807, 2.05) is 6.07 Å². The summed E-state index contributed by atoms with van der Waals surface area (Å²) in [7, 11) is 0. The van der Waals surface area contributed by atoms with Gasteiger partial charge in [0, 0.05) is 5.02 Å². The topological polar surface area (TPSA) is 0 Å². The minimum Gasteiger partial charge on any atom is -0.0843 e. The van der Waals surface area contributed by atoms with Crippen molar-refractivity contribution in [3.8, 4) is 11.1 Å². The Hall–Kier alpha value is -1.27. The molecule has 0 aliphatic carbocycles. The molecule has 0 nitrogen and oxygen atoms in total. The van der Waals surface area contributed by atoms with Gasteiger partial charge in [0.1, 0.15) is 0 Å². The lowest BCUT2D eigenvalue weighted by molar-refractivity contribution is 1.13. The summed E-state index contributed by atoms with van der Waals surface area (Å²) in [5.41, 5.74) is 5.25. The minimum absolute atomic E-state index is 0.816. The van der Waals surface area contributed by atoms with Crippen LogP contribution in [-0.4, -0.2) is 0 Å². The molecule has 0 saturated heterocycles. The molecular formula is C16H17Cl. The Morgan fingerprint density at radius 3 is 2.18 bits per heavy atom. The van der Waals surface area contributed by atoms with Crippen molar-refractivity contribution in [3.05, 3.63) is 58.6 Å². The monoisotopic (exact) mass is 244 g/mol. The fraction of sp³-hybridized carbons (Fsp3) is 0.250. The molecule has 0 radical (unpaired) electrons. The quantitative estimate of drug-likeness (QED) is 0.702. The molecule has 1 heteroatoms. The van der Waals surface area contributed by atoms with Gasteiger partial charge in [-0.05, 0) is 47.2 Å². The standard InChI is InChI=1S/C16H17Cl/c1-3-12-5-7-14(8-6-12)16-10-9-15(17)11-13(16)4-2/h5-11H,3-4H2,1-2H3. The van der Waals surface area contributed by atoms with Crippen LogP contribution in [0.25, 0.3) is 11.1 Å². The van der Waals surface area contributed by atoms with Crippen molar-refractivity contribution in [2.45, 2.75) is 26.7 Å². The molecule has 0 amide bonds. The highest BCUT2D eigenvalue weighted by Gasteiger charge is 2.04. The summed E-state index contributed by atoms with van der Waals surface area (Å²) >= 11 is 6.03. The first-order valence-electron chi connectivity index (χ1n) is 6.12. The molecule has 0 unspecified atom stereocenters. The summed E-state index contributed by atoms with van der Waals surface area (Å²) < 4.78 is 0. The van der Waals surface area contributed by atoms with E-state index in [1.54, 1.807) is 0 Å². The highest BCUT2D eigenvalue weighted by atomic mass is 35.5. The normalized spacial score (nSPS) is 10.5. The summed E-state index contributed by atoms with van der Waals surface area (Å²) in [6.45, 7) is 4.34. The maximum Gasteiger partial charge on any atom is 0.0409 e. The Morgan fingerprint density at radius 2 is 1.59 bits per heavy atom. The molecule has 0 atom stereocenters. The Kier molecular flexibility index (Phi) is 3.86. The fourth-order valence-corrected chi connectivity index (χ4v) is 2.25. The number of hydrogen-bond acceptors (Lipinski definition) is 0. The predicted molar refractivity (Wildman–Crippen MR) is 75.6 cm³/mol. The fourth-order valence-electron chi connectivity index (χ4n) is 2.06. The van der Waals surface area contributed by atoms with E-state index in [9.17, 15) is 0 Å². The maximum atomic E-state index is 6.03. The molecule has 0 spiro atoms. The van der Waals surface area contributed by atoms with Crippen molar-refractivity contribution in [3.63, 3.8) is 0 Å². The van der Waals surface area contributed by atoms with Crippen LogP contribution in [0.3, 0.4) is 0 Å². The molecule has 2 aromatic rings. The molecular weight excluding hydrogens is 228 g/mol. The first kappa shape index (κ1) is 12.2. The molecule has 0 saturated carbocycles. The lowest BCUT2D eigenvalue weighted by Gasteiger charge is -2.09. The van der Waals surface area contributed by atoms with Crippen LogP contribution in [0.2, 0.25) is 5.02 Å². The number of hydrogen-bond donors (Lipinski definition) is 0. The maximum absolute atomic E-state index is 6.03. The molecule has 0 bridgehead atoms. The molecule has 2 rings (SSSR count). The van der Waals surface area contributed by atoms with Gasteiger partial charge in [-0.15, -0.1) is 0 Å². The molecule has 0 aromatic heterocycles. The van der Waals surface area contributed by atoms with Gasteiger partial charge in [0.05, 0.1) is 0 Å². The summed E-state index contributed by atoms with van der Waals surface area (Å²) in [6, 6.07) is 14.9. The van der Waals surface area contributed by atoms with Crippen LogP contribution in [0.5, 0.6) is 0 Å². The SMILES string of the molecule is CCc1ccc(-c2ccc(Cl)cc2CC)cc1. The smallest absolute Gasteiger partial charge is 0.0409 e. The molecule has 0 aliphatic rings. The predicted octanol–water partition coefficient (Wildman–Crippen LogP) is 5.13. The van der Waals surface area contributed by atoms with Crippen molar-refractivity contribution in [2.75, 3.05) is 0 Å². The van der Waals surface area contributed by atoms with Gasteiger partial charge in [-0.25, -0.2) is 0 Å². The Balaban J connectivity index is 2.44. The van der Waals surface area contributed by atoms with Crippen molar-refractivity contribution in [2.24, 2.45) is 0 Å². The van der Waals surface area contributed by atoms with Crippen molar-refractivity contribution in [1.29, 1.82) is 0 Å². The van der Waals surface area contributed by atoms with Crippen LogP contribution in [0, 0.1) is 0 Å². The number of halogens is 1. The highest BCUT2D eigenvalue weighted by molar-refractivity contribution is 6.30. The Labute approximate surface area is 108 Å². The zero-order chi connectivity index (χ0) is 12.3. The van der Waals surface area contributed by atoms with Gasteiger partial charge in [0.15, 0.2) is 0 Å². The van der Waals surface area contributed by atoms with Gasteiger partial charge < -0.3 is 0 Å². The van der Waals surface area contributed by atoms with Crippen molar-refractivity contribution in [1.82, 2.24) is 0 Å². The number of rotatable bonds is 3. The van der Waals surface area contributed by atoms with E-state index >= 15 is 0 Å². The van der Waals surface area contributed by atoms with Crippen molar-refractivity contribution < 1.29 is 0 Å². The van der Waals surface area contributed by atoms with Gasteiger partial charge in [0.25, 0.3) is 0 Å². The first-order chi connectivity index (χ1) is 8.24. The third-order valence-electron chi connectivity index (χ3n) is 3.12. The van der Waals surface area contributed by atoms with Crippen LogP contribution in [0.15, 0.2) is 42.5 Å². The molecule has 2 aromatic carbocycles. The Bertz CT molecular complexity index is 497. The first-order valence-corrected chi connectivity index (χ1v) is 6.50. The zero-order valence-electron chi connectivity index (χ0n) is 10.3. The summed E-state index contributed by atoms with van der Waals surface area (Å²) in [5, 5.41) is 0.816. The Morgan fingerprint density at radius 1 is 0.882 bits per heavy atom. The lowest BCUT2D eigenvalue weighted by atomic mass is 9.97. The largest absolute Gasteiger partial charge is 0.0843 e. The van der Waals surface area contributed by atoms with Gasteiger partial charge in [-0.2, -0.15) is 0 Å². The lowest BCUT2D eigenvalue weighted by Crippen LogP contribution is -1.88. The molecule has 0 aliphatic heterocycles. The molecule has 0 heterocycles. The van der Waals surface area contributed by atoms with Crippen LogP contribution in [-0.2, 0) is 12.8 Å². The molecule has 0 fully saturated rings. The number of benzene rings is 2. The van der Waals surface area contributed by atoms with E-state index in [0.717, 1.165) is 17.9 Å². The van der Waals surface area contributed by atoms with Gasteiger partial charge in [0.2, 0.25) is 0 Å². The average molecular weight is 245 g/mol. The summed E-state index contributed by atoms with van der Waals surface area (Å²) in [5.74, 6) is 0. The van der Waals surface area contributed by atoms with E-state index in [1.165, 1.54) is 22.3 Å². The van der Waals surface area contributed by atoms with E-state index < -0.39 is 0 Å². The van der Waals surface area contributed by atoms with Gasteiger partial charge in [-0.1, -0.05) is 55.8 Å². The third kappa shape index (κ3) is 2.70. The van der Waals surface area contributed by atoms with Crippen LogP contribution < -0.4 is 0 Å². The van der Waals surface area contributed by atoms with Gasteiger partial charge in [-0.3, -0.25) is 0 Å². The second-order valence-electron chi connectivity index (χ2n) is 4.21. The molecule has 0 N–H and O–H groups in total. The zero-order valence-corrected chi connectivity index (χ0v) is 11.1. The second kappa shape index (κ2) is 5.37. The van der Waals surface area contributed by atoms with E-state index in [0.29, 0.717) is 0 Å². The second-order valence-corrected chi connectivity index (χ2v) is 4.64. The average Bonchev–Trinajstić information content (AvgIpc) is 2.39. The third-order valence-corrected chi connectivity index (χ3v) is 3.36. The van der Waals surface area contributed by atoms with Crippen LogP contribution >= 0.6 is 11.6 Å². The summed E-state index contributed by atoms with van der Waals surface area (Å²) in [6.07, 6.45) is 2.09. The minimum atomic E-state index is 0.816. The molecule has 88 valence electrons. The van der Waals surface area contributed by atoms with Crippen LogP contribution in [0.1, 0.15) is 25.0 Å². The van der Waals surface area contributed by atoms with Crippen molar-refractivity contribution >= 4 is 11.6 Å². The van der Waals surface area contributed by atoms with E-state index in [4.69, 9.17) is 11.6 Å². The van der Waals surface area contributed by atoms with Crippen LogP contribution in [0.4, 0.5) is 0 Å². The highest BCUT2D eigenvalue weighted by Crippen LogP contribution is 2.27. The number of aryl methyl sites for hydroxylation is 2. The van der Waals surface area contributed by atoms with E-state index in [-0.39, 0.29) is 0 Å². The summed E-state index contributed by atoms with van der Waals surface area (Å²) in [4.78, 5) is 0.